The van der Waals surface area contributed by atoms with Crippen LogP contribution < -0.4 is 9.47 Å². The minimum Gasteiger partial charge on any atom is -0.493 e. The molecule has 0 radical (unpaired) electrons. The van der Waals surface area contributed by atoms with Crippen molar-refractivity contribution in [1.82, 2.24) is 15.0 Å². The average Bonchev–Trinajstić information content (AvgIpc) is 3.32. The van der Waals surface area contributed by atoms with Gasteiger partial charge in [0.15, 0.2) is 11.5 Å². The maximum absolute atomic E-state index is 12.1. The van der Waals surface area contributed by atoms with Crippen molar-refractivity contribution >= 4 is 5.91 Å². The van der Waals surface area contributed by atoms with Gasteiger partial charge in [-0.1, -0.05) is 5.16 Å². The molecule has 0 spiro atoms. The van der Waals surface area contributed by atoms with Crippen molar-refractivity contribution in [1.29, 1.82) is 0 Å². The van der Waals surface area contributed by atoms with Gasteiger partial charge in [0.2, 0.25) is 17.6 Å². The maximum atomic E-state index is 12.1. The SMILES string of the molecule is CCOc1cc(-c2noc(CCC(=O)N3CCCC3)n2)ccc1OC. The van der Waals surface area contributed by atoms with Crippen molar-refractivity contribution in [3.8, 4) is 22.9 Å². The third kappa shape index (κ3) is 4.10. The first-order valence-electron chi connectivity index (χ1n) is 8.63. The molecule has 0 saturated carbocycles. The predicted octanol–water partition coefficient (Wildman–Crippen LogP) is 2.70. The van der Waals surface area contributed by atoms with Crippen LogP contribution in [0.1, 0.15) is 32.1 Å². The highest BCUT2D eigenvalue weighted by Crippen LogP contribution is 2.31. The van der Waals surface area contributed by atoms with Gasteiger partial charge < -0.3 is 18.9 Å². The lowest BCUT2D eigenvalue weighted by atomic mass is 10.2. The molecule has 1 saturated heterocycles. The Kier molecular flexibility index (Phi) is 5.53. The van der Waals surface area contributed by atoms with Crippen molar-refractivity contribution in [3.63, 3.8) is 0 Å². The lowest BCUT2D eigenvalue weighted by Gasteiger charge is -2.13. The minimum absolute atomic E-state index is 0.153. The van der Waals surface area contributed by atoms with Crippen molar-refractivity contribution in [3.05, 3.63) is 24.1 Å². The highest BCUT2D eigenvalue weighted by Gasteiger charge is 2.19. The topological polar surface area (TPSA) is 77.7 Å². The summed E-state index contributed by atoms with van der Waals surface area (Å²) in [5.41, 5.74) is 0.783. The van der Waals surface area contributed by atoms with Crippen LogP contribution in [0, 0.1) is 0 Å². The lowest BCUT2D eigenvalue weighted by Crippen LogP contribution is -2.27. The number of amides is 1. The Morgan fingerprint density at radius 2 is 2.08 bits per heavy atom. The smallest absolute Gasteiger partial charge is 0.227 e. The zero-order valence-corrected chi connectivity index (χ0v) is 14.7. The summed E-state index contributed by atoms with van der Waals surface area (Å²) in [6.45, 7) is 4.17. The number of carbonyl (C=O) groups excluding carboxylic acids is 1. The van der Waals surface area contributed by atoms with E-state index < -0.39 is 0 Å². The fourth-order valence-corrected chi connectivity index (χ4v) is 2.90. The van der Waals surface area contributed by atoms with Crippen molar-refractivity contribution in [2.24, 2.45) is 0 Å². The van der Waals surface area contributed by atoms with E-state index in [1.165, 1.54) is 0 Å². The maximum Gasteiger partial charge on any atom is 0.227 e. The van der Waals surface area contributed by atoms with Crippen LogP contribution in [-0.4, -0.2) is 47.8 Å². The van der Waals surface area contributed by atoms with Crippen LogP contribution in [-0.2, 0) is 11.2 Å². The number of ether oxygens (including phenoxy) is 2. The summed E-state index contributed by atoms with van der Waals surface area (Å²) in [6.07, 6.45) is 3.04. The molecule has 2 aromatic rings. The highest BCUT2D eigenvalue weighted by molar-refractivity contribution is 5.76. The van der Waals surface area contributed by atoms with E-state index in [2.05, 4.69) is 10.1 Å². The quantitative estimate of drug-likeness (QED) is 0.768. The first-order chi connectivity index (χ1) is 12.2. The first kappa shape index (κ1) is 17.3. The van der Waals surface area contributed by atoms with Gasteiger partial charge in [0.25, 0.3) is 0 Å². The van der Waals surface area contributed by atoms with Gasteiger partial charge in [0.1, 0.15) is 0 Å². The summed E-state index contributed by atoms with van der Waals surface area (Å²) in [7, 11) is 1.60. The fourth-order valence-electron chi connectivity index (χ4n) is 2.90. The standard InChI is InChI=1S/C18H23N3O4/c1-3-24-15-12-13(6-7-14(15)23-2)18-19-16(25-20-18)8-9-17(22)21-10-4-5-11-21/h6-7,12H,3-5,8-11H2,1-2H3. The summed E-state index contributed by atoms with van der Waals surface area (Å²) >= 11 is 0. The van der Waals surface area contributed by atoms with Crippen molar-refractivity contribution < 1.29 is 18.8 Å². The molecule has 1 aromatic heterocycles. The van der Waals surface area contributed by atoms with E-state index in [0.717, 1.165) is 31.5 Å². The Morgan fingerprint density at radius 1 is 1.28 bits per heavy atom. The van der Waals surface area contributed by atoms with Crippen LogP contribution in [0.25, 0.3) is 11.4 Å². The predicted molar refractivity (Wildman–Crippen MR) is 91.6 cm³/mol. The number of carbonyl (C=O) groups is 1. The van der Waals surface area contributed by atoms with Crippen LogP contribution >= 0.6 is 0 Å². The van der Waals surface area contributed by atoms with Crippen molar-refractivity contribution in [2.75, 3.05) is 26.8 Å². The van der Waals surface area contributed by atoms with Crippen molar-refractivity contribution in [2.45, 2.75) is 32.6 Å². The van der Waals surface area contributed by atoms with E-state index in [1.54, 1.807) is 7.11 Å². The molecule has 1 aromatic carbocycles. The van der Waals surface area contributed by atoms with Gasteiger partial charge in [-0.15, -0.1) is 0 Å². The number of aromatic nitrogens is 2. The third-order valence-corrected chi connectivity index (χ3v) is 4.20. The molecule has 1 aliphatic rings. The molecule has 0 unspecified atom stereocenters. The van der Waals surface area contributed by atoms with E-state index in [1.807, 2.05) is 30.0 Å². The Hall–Kier alpha value is -2.57. The van der Waals surface area contributed by atoms with Gasteiger partial charge in [0, 0.05) is 31.5 Å². The summed E-state index contributed by atoms with van der Waals surface area (Å²) in [5.74, 6) is 2.40. The van der Waals surface area contributed by atoms with Gasteiger partial charge >= 0.3 is 0 Å². The number of hydrogen-bond acceptors (Lipinski definition) is 6. The monoisotopic (exact) mass is 345 g/mol. The van der Waals surface area contributed by atoms with E-state index >= 15 is 0 Å². The van der Waals surface area contributed by atoms with Crippen LogP contribution in [0.3, 0.4) is 0 Å². The molecule has 7 nitrogen and oxygen atoms in total. The average molecular weight is 345 g/mol. The molecular formula is C18H23N3O4. The molecule has 1 amide bonds. The van der Waals surface area contributed by atoms with E-state index in [4.69, 9.17) is 14.0 Å². The van der Waals surface area contributed by atoms with Gasteiger partial charge in [-0.05, 0) is 38.0 Å². The molecule has 1 fully saturated rings. The molecule has 7 heteroatoms. The normalized spacial score (nSPS) is 13.9. The Bertz CT molecular complexity index is 723. The van der Waals surface area contributed by atoms with Gasteiger partial charge in [-0.25, -0.2) is 0 Å². The number of aryl methyl sites for hydroxylation is 1. The second-order valence-electron chi connectivity index (χ2n) is 5.90. The largest absolute Gasteiger partial charge is 0.493 e. The Labute approximate surface area is 146 Å². The number of hydrogen-bond donors (Lipinski definition) is 0. The Morgan fingerprint density at radius 3 is 2.80 bits per heavy atom. The second kappa shape index (κ2) is 8.00. The lowest BCUT2D eigenvalue weighted by molar-refractivity contribution is -0.130. The third-order valence-electron chi connectivity index (χ3n) is 4.20. The molecule has 2 heterocycles. The molecule has 0 bridgehead atoms. The molecule has 3 rings (SSSR count). The van der Waals surface area contributed by atoms with Crippen LogP contribution in [0.2, 0.25) is 0 Å². The van der Waals surface area contributed by atoms with Gasteiger partial charge in [0.05, 0.1) is 13.7 Å². The van der Waals surface area contributed by atoms with E-state index in [-0.39, 0.29) is 5.91 Å². The highest BCUT2D eigenvalue weighted by atomic mass is 16.5. The van der Waals surface area contributed by atoms with Crippen LogP contribution in [0.5, 0.6) is 11.5 Å². The summed E-state index contributed by atoms with van der Waals surface area (Å²) < 4.78 is 16.1. The Balaban J connectivity index is 1.66. The summed E-state index contributed by atoms with van der Waals surface area (Å²) in [5, 5.41) is 4.01. The zero-order chi connectivity index (χ0) is 17.6. The molecule has 25 heavy (non-hydrogen) atoms. The van der Waals surface area contributed by atoms with Gasteiger partial charge in [-0.2, -0.15) is 4.98 Å². The molecule has 0 N–H and O–H groups in total. The zero-order valence-electron chi connectivity index (χ0n) is 14.7. The molecular weight excluding hydrogens is 322 g/mol. The van der Waals surface area contributed by atoms with Crippen LogP contribution in [0.4, 0.5) is 0 Å². The molecule has 0 atom stereocenters. The summed E-state index contributed by atoms with van der Waals surface area (Å²) in [4.78, 5) is 18.4. The fraction of sp³-hybridized carbons (Fsp3) is 0.500. The second-order valence-corrected chi connectivity index (χ2v) is 5.90. The molecule has 134 valence electrons. The van der Waals surface area contributed by atoms with E-state index in [9.17, 15) is 4.79 Å². The van der Waals surface area contributed by atoms with E-state index in [0.29, 0.717) is 42.7 Å². The van der Waals surface area contributed by atoms with Crippen LogP contribution in [0.15, 0.2) is 22.7 Å². The molecule has 1 aliphatic heterocycles. The first-order valence-corrected chi connectivity index (χ1v) is 8.63. The minimum atomic E-state index is 0.153. The number of benzene rings is 1. The number of rotatable bonds is 7. The number of nitrogens with zero attached hydrogens (tertiary/aromatic N) is 3. The number of methoxy groups -OCH3 is 1. The van der Waals surface area contributed by atoms with Gasteiger partial charge in [-0.3, -0.25) is 4.79 Å². The number of likely N-dealkylation sites (tertiary alicyclic amines) is 1. The molecule has 0 aliphatic carbocycles. The summed E-state index contributed by atoms with van der Waals surface area (Å²) in [6, 6.07) is 5.49.